The number of hydrogen-bond acceptors (Lipinski definition) is 5. The third kappa shape index (κ3) is 3.12. The number of methoxy groups -OCH3 is 1. The summed E-state index contributed by atoms with van der Waals surface area (Å²) in [5, 5.41) is 11.6. The van der Waals surface area contributed by atoms with Crippen molar-refractivity contribution >= 4 is 5.97 Å². The standard InChI is InChI=1S/C13H22N4O2/c1-9(2)12(13(18)19-3)14-8-11-16-15-10-6-4-5-7-17(10)11/h9,12,14H,4-8H2,1-3H3. The average Bonchev–Trinajstić information content (AvgIpc) is 2.82. The lowest BCUT2D eigenvalue weighted by atomic mass is 10.0. The van der Waals surface area contributed by atoms with Gasteiger partial charge >= 0.3 is 5.97 Å². The number of rotatable bonds is 5. The van der Waals surface area contributed by atoms with Gasteiger partial charge in [-0.1, -0.05) is 13.8 Å². The monoisotopic (exact) mass is 266 g/mol. The normalized spacial score (nSPS) is 16.2. The number of esters is 1. The predicted molar refractivity (Wildman–Crippen MR) is 70.4 cm³/mol. The number of ether oxygens (including phenoxy) is 1. The van der Waals surface area contributed by atoms with Gasteiger partial charge in [-0.15, -0.1) is 10.2 Å². The van der Waals surface area contributed by atoms with E-state index in [1.807, 2.05) is 13.8 Å². The van der Waals surface area contributed by atoms with Gasteiger partial charge in [0.05, 0.1) is 13.7 Å². The van der Waals surface area contributed by atoms with Gasteiger partial charge in [0.25, 0.3) is 0 Å². The third-order valence-corrected chi connectivity index (χ3v) is 3.54. The first kappa shape index (κ1) is 14.0. The molecule has 0 aliphatic carbocycles. The molecular weight excluding hydrogens is 244 g/mol. The Labute approximate surface area is 113 Å². The van der Waals surface area contributed by atoms with Crippen LogP contribution in [0.2, 0.25) is 0 Å². The Morgan fingerprint density at radius 1 is 1.42 bits per heavy atom. The first-order chi connectivity index (χ1) is 9.13. The second-order valence-corrected chi connectivity index (χ2v) is 5.27. The molecule has 0 saturated heterocycles. The second-order valence-electron chi connectivity index (χ2n) is 5.27. The molecule has 19 heavy (non-hydrogen) atoms. The summed E-state index contributed by atoms with van der Waals surface area (Å²) in [5.74, 6) is 1.91. The van der Waals surface area contributed by atoms with Gasteiger partial charge in [-0.2, -0.15) is 0 Å². The minimum absolute atomic E-state index is 0.177. The van der Waals surface area contributed by atoms with Crippen molar-refractivity contribution in [3.63, 3.8) is 0 Å². The molecular formula is C13H22N4O2. The SMILES string of the molecule is COC(=O)C(NCc1nnc2n1CCCC2)C(C)C. The Balaban J connectivity index is 2.01. The number of nitrogens with one attached hydrogen (secondary N) is 1. The van der Waals surface area contributed by atoms with Gasteiger partial charge in [0.2, 0.25) is 0 Å². The molecule has 0 amide bonds. The molecule has 6 heteroatoms. The topological polar surface area (TPSA) is 69.0 Å². The number of aromatic nitrogens is 3. The van der Waals surface area contributed by atoms with Crippen LogP contribution in [-0.4, -0.2) is 33.9 Å². The summed E-state index contributed by atoms with van der Waals surface area (Å²) in [7, 11) is 1.42. The lowest BCUT2D eigenvalue weighted by molar-refractivity contribution is -0.144. The number of carbonyl (C=O) groups is 1. The Kier molecular flexibility index (Phi) is 4.52. The van der Waals surface area contributed by atoms with Crippen LogP contribution in [0.5, 0.6) is 0 Å². The summed E-state index contributed by atoms with van der Waals surface area (Å²) in [4.78, 5) is 11.7. The van der Waals surface area contributed by atoms with Crippen molar-refractivity contribution in [2.24, 2.45) is 5.92 Å². The van der Waals surface area contributed by atoms with E-state index in [0.717, 1.165) is 24.6 Å². The van der Waals surface area contributed by atoms with Crippen LogP contribution >= 0.6 is 0 Å². The number of carbonyl (C=O) groups excluding carboxylic acids is 1. The largest absolute Gasteiger partial charge is 0.468 e. The maximum Gasteiger partial charge on any atom is 0.323 e. The fraction of sp³-hybridized carbons (Fsp3) is 0.769. The van der Waals surface area contributed by atoms with E-state index in [2.05, 4.69) is 20.1 Å². The zero-order chi connectivity index (χ0) is 13.8. The van der Waals surface area contributed by atoms with Gasteiger partial charge in [0, 0.05) is 13.0 Å². The molecule has 1 N–H and O–H groups in total. The highest BCUT2D eigenvalue weighted by atomic mass is 16.5. The quantitative estimate of drug-likeness (QED) is 0.802. The minimum atomic E-state index is -0.304. The highest BCUT2D eigenvalue weighted by molar-refractivity contribution is 5.75. The van der Waals surface area contributed by atoms with E-state index in [1.165, 1.54) is 20.0 Å². The molecule has 0 fully saturated rings. The molecule has 2 heterocycles. The van der Waals surface area contributed by atoms with Crippen LogP contribution in [0.3, 0.4) is 0 Å². The van der Waals surface area contributed by atoms with Crippen LogP contribution in [0.1, 0.15) is 38.3 Å². The maximum atomic E-state index is 11.7. The van der Waals surface area contributed by atoms with E-state index >= 15 is 0 Å². The van der Waals surface area contributed by atoms with Crippen molar-refractivity contribution < 1.29 is 9.53 Å². The highest BCUT2D eigenvalue weighted by Crippen LogP contribution is 2.14. The smallest absolute Gasteiger partial charge is 0.323 e. The van der Waals surface area contributed by atoms with Crippen molar-refractivity contribution in [2.45, 2.75) is 52.2 Å². The first-order valence-electron chi connectivity index (χ1n) is 6.85. The van der Waals surface area contributed by atoms with Crippen LogP contribution in [0.15, 0.2) is 0 Å². The lowest BCUT2D eigenvalue weighted by Crippen LogP contribution is -2.41. The van der Waals surface area contributed by atoms with Crippen LogP contribution < -0.4 is 5.32 Å². The zero-order valence-corrected chi connectivity index (χ0v) is 11.8. The van der Waals surface area contributed by atoms with E-state index in [4.69, 9.17) is 4.74 Å². The van der Waals surface area contributed by atoms with Gasteiger partial charge in [-0.25, -0.2) is 0 Å². The van der Waals surface area contributed by atoms with E-state index in [9.17, 15) is 4.79 Å². The Hall–Kier alpha value is -1.43. The van der Waals surface area contributed by atoms with Crippen molar-refractivity contribution in [1.82, 2.24) is 20.1 Å². The molecule has 0 aromatic carbocycles. The molecule has 1 aromatic rings. The summed E-state index contributed by atoms with van der Waals surface area (Å²) >= 11 is 0. The Morgan fingerprint density at radius 2 is 2.21 bits per heavy atom. The Bertz CT molecular complexity index is 442. The highest BCUT2D eigenvalue weighted by Gasteiger charge is 2.23. The molecule has 1 aromatic heterocycles. The molecule has 0 spiro atoms. The third-order valence-electron chi connectivity index (χ3n) is 3.54. The second kappa shape index (κ2) is 6.14. The van der Waals surface area contributed by atoms with Crippen molar-refractivity contribution in [3.05, 3.63) is 11.6 Å². The Morgan fingerprint density at radius 3 is 2.89 bits per heavy atom. The number of nitrogens with zero attached hydrogens (tertiary/aromatic N) is 3. The fourth-order valence-corrected chi connectivity index (χ4v) is 2.42. The molecule has 1 atom stereocenters. The van der Waals surface area contributed by atoms with Crippen LogP contribution in [0.4, 0.5) is 0 Å². The molecule has 0 bridgehead atoms. The summed E-state index contributed by atoms with van der Waals surface area (Å²) in [6.07, 6.45) is 3.35. The van der Waals surface area contributed by atoms with Crippen molar-refractivity contribution in [2.75, 3.05) is 7.11 Å². The minimum Gasteiger partial charge on any atom is -0.468 e. The first-order valence-corrected chi connectivity index (χ1v) is 6.85. The molecule has 6 nitrogen and oxygen atoms in total. The van der Waals surface area contributed by atoms with E-state index in [1.54, 1.807) is 0 Å². The average molecular weight is 266 g/mol. The van der Waals surface area contributed by atoms with Gasteiger partial charge in [-0.3, -0.25) is 10.1 Å². The van der Waals surface area contributed by atoms with Crippen molar-refractivity contribution in [1.29, 1.82) is 0 Å². The van der Waals surface area contributed by atoms with Crippen LogP contribution in [-0.2, 0) is 29.0 Å². The number of fused-ring (bicyclic) bond motifs is 1. The van der Waals surface area contributed by atoms with Gasteiger partial charge in [0.1, 0.15) is 17.7 Å². The summed E-state index contributed by atoms with van der Waals surface area (Å²) in [5.41, 5.74) is 0. The predicted octanol–water partition coefficient (Wildman–Crippen LogP) is 0.902. The fourth-order valence-electron chi connectivity index (χ4n) is 2.42. The summed E-state index contributed by atoms with van der Waals surface area (Å²) < 4.78 is 6.97. The lowest BCUT2D eigenvalue weighted by Gasteiger charge is -2.20. The van der Waals surface area contributed by atoms with Crippen LogP contribution in [0, 0.1) is 5.92 Å². The van der Waals surface area contributed by atoms with Crippen molar-refractivity contribution in [3.8, 4) is 0 Å². The van der Waals surface area contributed by atoms with E-state index < -0.39 is 0 Å². The molecule has 2 rings (SSSR count). The van der Waals surface area contributed by atoms with Gasteiger partial charge < -0.3 is 9.30 Å². The molecule has 0 radical (unpaired) electrons. The molecule has 1 unspecified atom stereocenters. The maximum absolute atomic E-state index is 11.7. The molecule has 106 valence electrons. The number of hydrogen-bond donors (Lipinski definition) is 1. The van der Waals surface area contributed by atoms with Gasteiger partial charge in [-0.05, 0) is 18.8 Å². The van der Waals surface area contributed by atoms with Crippen LogP contribution in [0.25, 0.3) is 0 Å². The van der Waals surface area contributed by atoms with E-state index in [0.29, 0.717) is 6.54 Å². The zero-order valence-electron chi connectivity index (χ0n) is 11.8. The summed E-state index contributed by atoms with van der Waals surface area (Å²) in [6, 6.07) is -0.304. The molecule has 1 aliphatic rings. The summed E-state index contributed by atoms with van der Waals surface area (Å²) in [6.45, 7) is 5.51. The molecule has 0 saturated carbocycles. The number of aryl methyl sites for hydroxylation is 1. The molecule has 1 aliphatic heterocycles. The van der Waals surface area contributed by atoms with E-state index in [-0.39, 0.29) is 17.9 Å². The van der Waals surface area contributed by atoms with Gasteiger partial charge in [0.15, 0.2) is 0 Å².